The van der Waals surface area contributed by atoms with Crippen LogP contribution in [0.3, 0.4) is 0 Å². The van der Waals surface area contributed by atoms with Crippen LogP contribution >= 0.6 is 0 Å². The summed E-state index contributed by atoms with van der Waals surface area (Å²) in [7, 11) is 3.27. The zero-order valence-electron chi connectivity index (χ0n) is 21.6. The van der Waals surface area contributed by atoms with Gasteiger partial charge in [0.25, 0.3) is 5.56 Å². The Hall–Kier alpha value is -4.28. The van der Waals surface area contributed by atoms with Gasteiger partial charge in [-0.15, -0.1) is 5.10 Å². The highest BCUT2D eigenvalue weighted by Crippen LogP contribution is 2.30. The average Bonchev–Trinajstić information content (AvgIpc) is 3.61. The number of hydrogen-bond donors (Lipinski definition) is 1. The first-order valence-corrected chi connectivity index (χ1v) is 12.3. The molecule has 0 saturated heterocycles. The molecule has 5 aromatic rings. The molecule has 10 heteroatoms. The monoisotopic (exact) mass is 514 g/mol. The smallest absolute Gasteiger partial charge is 0.253 e. The van der Waals surface area contributed by atoms with Gasteiger partial charge >= 0.3 is 0 Å². The summed E-state index contributed by atoms with van der Waals surface area (Å²) in [5.41, 5.74) is 3.24. The maximum absolute atomic E-state index is 13.6. The molecule has 1 unspecified atom stereocenters. The lowest BCUT2D eigenvalue weighted by Gasteiger charge is -2.30. The molecule has 0 saturated carbocycles. The molecule has 0 aliphatic rings. The topological polar surface area (TPSA) is 111 Å². The number of aryl methyl sites for hydroxylation is 1. The molecule has 0 amide bonds. The Morgan fingerprint density at radius 1 is 1.08 bits per heavy atom. The standard InChI is InChI=1S/C28H30N6O4/c1-19-6-11-25-21(15-19)16-24(28(35)29-25)26(27-30-31-32-34(27)12-14-36-2)33(18-23-5-4-13-38-23)17-20-7-9-22(37-3)10-8-20/h4-11,13,15-16,26H,12,14,17-18H2,1-3H3,(H,29,35). The van der Waals surface area contributed by atoms with Gasteiger partial charge in [-0.3, -0.25) is 9.69 Å². The number of H-pyrrole nitrogens is 1. The molecule has 0 radical (unpaired) electrons. The molecular formula is C28H30N6O4. The van der Waals surface area contributed by atoms with Gasteiger partial charge in [0.15, 0.2) is 5.82 Å². The third kappa shape index (κ3) is 5.51. The van der Waals surface area contributed by atoms with Crippen molar-refractivity contribution in [1.82, 2.24) is 30.1 Å². The zero-order valence-corrected chi connectivity index (χ0v) is 21.6. The molecule has 3 aromatic heterocycles. The van der Waals surface area contributed by atoms with E-state index in [1.54, 1.807) is 25.2 Å². The second-order valence-electron chi connectivity index (χ2n) is 9.13. The molecule has 0 spiro atoms. The van der Waals surface area contributed by atoms with Crippen LogP contribution < -0.4 is 10.3 Å². The van der Waals surface area contributed by atoms with Gasteiger partial charge in [0.1, 0.15) is 17.6 Å². The Morgan fingerprint density at radius 2 is 1.92 bits per heavy atom. The number of ether oxygens (including phenoxy) is 2. The number of nitrogens with one attached hydrogen (secondary N) is 1. The minimum absolute atomic E-state index is 0.202. The van der Waals surface area contributed by atoms with Gasteiger partial charge in [0.2, 0.25) is 0 Å². The highest BCUT2D eigenvalue weighted by atomic mass is 16.5. The van der Waals surface area contributed by atoms with Crippen LogP contribution in [-0.4, -0.2) is 50.9 Å². The summed E-state index contributed by atoms with van der Waals surface area (Å²) < 4.78 is 18.0. The number of aromatic amines is 1. The number of furan rings is 1. The number of aromatic nitrogens is 5. The zero-order chi connectivity index (χ0) is 26.5. The van der Waals surface area contributed by atoms with E-state index in [9.17, 15) is 4.79 Å². The Morgan fingerprint density at radius 3 is 2.66 bits per heavy atom. The summed E-state index contributed by atoms with van der Waals surface area (Å²) in [5, 5.41) is 13.5. The van der Waals surface area contributed by atoms with Crippen LogP contribution in [0.2, 0.25) is 0 Å². The largest absolute Gasteiger partial charge is 0.497 e. The first-order chi connectivity index (χ1) is 18.6. The molecule has 0 aliphatic heterocycles. The fourth-order valence-corrected chi connectivity index (χ4v) is 4.60. The van der Waals surface area contributed by atoms with E-state index in [0.29, 0.717) is 37.6 Å². The SMILES string of the molecule is COCCn1nnnc1C(c1cc2cc(C)ccc2[nH]c1=O)N(Cc1ccc(OC)cc1)Cc1ccco1. The van der Waals surface area contributed by atoms with E-state index < -0.39 is 6.04 Å². The molecule has 10 nitrogen and oxygen atoms in total. The molecule has 38 heavy (non-hydrogen) atoms. The first kappa shape index (κ1) is 25.4. The van der Waals surface area contributed by atoms with E-state index in [-0.39, 0.29) is 5.56 Å². The molecule has 1 N–H and O–H groups in total. The lowest BCUT2D eigenvalue weighted by Crippen LogP contribution is -2.35. The molecule has 0 aliphatic carbocycles. The molecule has 0 bridgehead atoms. The quantitative estimate of drug-likeness (QED) is 0.283. The van der Waals surface area contributed by atoms with Crippen LogP contribution in [0.4, 0.5) is 0 Å². The van der Waals surface area contributed by atoms with Gasteiger partial charge in [-0.1, -0.05) is 23.8 Å². The summed E-state index contributed by atoms with van der Waals surface area (Å²) in [6.45, 7) is 3.82. The fourth-order valence-electron chi connectivity index (χ4n) is 4.60. The van der Waals surface area contributed by atoms with Crippen molar-refractivity contribution in [2.75, 3.05) is 20.8 Å². The van der Waals surface area contributed by atoms with Crippen LogP contribution in [0, 0.1) is 6.92 Å². The number of rotatable bonds is 11. The van der Waals surface area contributed by atoms with Gasteiger partial charge in [-0.25, -0.2) is 4.68 Å². The summed E-state index contributed by atoms with van der Waals surface area (Å²) in [6.07, 6.45) is 1.64. The molecular weight excluding hydrogens is 484 g/mol. The lowest BCUT2D eigenvalue weighted by molar-refractivity contribution is 0.163. The number of fused-ring (bicyclic) bond motifs is 1. The fraction of sp³-hybridized carbons (Fsp3) is 0.286. The molecule has 5 rings (SSSR count). The van der Waals surface area contributed by atoms with E-state index in [2.05, 4.69) is 31.5 Å². The number of hydrogen-bond acceptors (Lipinski definition) is 8. The summed E-state index contributed by atoms with van der Waals surface area (Å²) in [5.74, 6) is 2.07. The van der Waals surface area contributed by atoms with E-state index in [1.807, 2.05) is 61.5 Å². The van der Waals surface area contributed by atoms with Crippen LogP contribution in [0.1, 0.15) is 34.3 Å². The van der Waals surface area contributed by atoms with Crippen molar-refractivity contribution in [3.8, 4) is 5.75 Å². The predicted octanol–water partition coefficient (Wildman–Crippen LogP) is 3.86. The number of nitrogens with zero attached hydrogens (tertiary/aromatic N) is 5. The van der Waals surface area contributed by atoms with Crippen molar-refractivity contribution in [3.05, 3.63) is 106 Å². The van der Waals surface area contributed by atoms with E-state index >= 15 is 0 Å². The molecule has 196 valence electrons. The third-order valence-electron chi connectivity index (χ3n) is 6.48. The van der Waals surface area contributed by atoms with Gasteiger partial charge in [0, 0.05) is 24.7 Å². The Bertz CT molecular complexity index is 1540. The molecule has 1 atom stereocenters. The van der Waals surface area contributed by atoms with Crippen LogP contribution in [0.15, 0.2) is 76.1 Å². The minimum Gasteiger partial charge on any atom is -0.497 e. The van der Waals surface area contributed by atoms with Crippen LogP contribution in [-0.2, 0) is 24.4 Å². The molecule has 2 aromatic carbocycles. The third-order valence-corrected chi connectivity index (χ3v) is 6.48. The van der Waals surface area contributed by atoms with Crippen molar-refractivity contribution in [1.29, 1.82) is 0 Å². The lowest BCUT2D eigenvalue weighted by atomic mass is 10.0. The number of benzene rings is 2. The van der Waals surface area contributed by atoms with Crippen molar-refractivity contribution >= 4 is 10.9 Å². The Labute approximate surface area is 219 Å². The highest BCUT2D eigenvalue weighted by molar-refractivity contribution is 5.79. The maximum Gasteiger partial charge on any atom is 0.253 e. The Kier molecular flexibility index (Phi) is 7.62. The Balaban J connectivity index is 1.67. The maximum atomic E-state index is 13.6. The summed E-state index contributed by atoms with van der Waals surface area (Å²) in [4.78, 5) is 18.8. The van der Waals surface area contributed by atoms with Crippen molar-refractivity contribution in [2.45, 2.75) is 32.6 Å². The van der Waals surface area contributed by atoms with Gasteiger partial charge < -0.3 is 18.9 Å². The molecule has 3 heterocycles. The first-order valence-electron chi connectivity index (χ1n) is 12.3. The van der Waals surface area contributed by atoms with Gasteiger partial charge in [-0.05, 0) is 70.8 Å². The van der Waals surface area contributed by atoms with Gasteiger partial charge in [-0.2, -0.15) is 0 Å². The number of pyridine rings is 1. The number of methoxy groups -OCH3 is 2. The minimum atomic E-state index is -0.581. The van der Waals surface area contributed by atoms with Gasteiger partial charge in [0.05, 0.1) is 33.1 Å². The van der Waals surface area contributed by atoms with E-state index in [0.717, 1.165) is 33.5 Å². The van der Waals surface area contributed by atoms with Crippen molar-refractivity contribution in [3.63, 3.8) is 0 Å². The highest BCUT2D eigenvalue weighted by Gasteiger charge is 2.31. The van der Waals surface area contributed by atoms with E-state index in [4.69, 9.17) is 13.9 Å². The van der Waals surface area contributed by atoms with Crippen molar-refractivity contribution < 1.29 is 13.9 Å². The van der Waals surface area contributed by atoms with Crippen molar-refractivity contribution in [2.24, 2.45) is 0 Å². The second-order valence-corrected chi connectivity index (χ2v) is 9.13. The van der Waals surface area contributed by atoms with Crippen LogP contribution in [0.25, 0.3) is 10.9 Å². The summed E-state index contributed by atoms with van der Waals surface area (Å²) >= 11 is 0. The molecule has 0 fully saturated rings. The average molecular weight is 515 g/mol. The normalized spacial score (nSPS) is 12.3. The predicted molar refractivity (Wildman–Crippen MR) is 142 cm³/mol. The second kappa shape index (κ2) is 11.4. The number of tetrazole rings is 1. The van der Waals surface area contributed by atoms with E-state index in [1.165, 1.54) is 0 Å². The summed E-state index contributed by atoms with van der Waals surface area (Å²) in [6, 6.07) is 18.9. The van der Waals surface area contributed by atoms with Crippen LogP contribution in [0.5, 0.6) is 5.75 Å².